The molecule has 1 atom stereocenters. The van der Waals surface area contributed by atoms with Crippen LogP contribution in [0.1, 0.15) is 28.8 Å². The van der Waals surface area contributed by atoms with Crippen molar-refractivity contribution in [3.05, 3.63) is 64.7 Å². The van der Waals surface area contributed by atoms with E-state index in [2.05, 4.69) is 0 Å². The highest BCUT2D eigenvalue weighted by Crippen LogP contribution is 2.27. The first kappa shape index (κ1) is 13.6. The zero-order valence-corrected chi connectivity index (χ0v) is 11.6. The number of Topliss-reactive ketones (excluding diaryl/α,β-unsaturated/α-hetero) is 1. The molecule has 2 aromatic carbocycles. The molecule has 0 saturated carbocycles. The average Bonchev–Trinajstić information content (AvgIpc) is 2.46. The van der Waals surface area contributed by atoms with Crippen LogP contribution in [0.4, 0.5) is 0 Å². The first-order valence-corrected chi connectivity index (χ1v) is 6.44. The minimum Gasteiger partial charge on any atom is -0.497 e. The maximum Gasteiger partial charge on any atom is 0.171 e. The highest BCUT2D eigenvalue weighted by atomic mass is 35.5. The molecule has 0 aliphatic rings. The normalized spacial score (nSPS) is 11.9. The van der Waals surface area contributed by atoms with E-state index < -0.39 is 0 Å². The third kappa shape index (κ3) is 2.96. The van der Waals surface area contributed by atoms with Gasteiger partial charge in [0.1, 0.15) is 5.75 Å². The van der Waals surface area contributed by atoms with Gasteiger partial charge in [-0.05, 0) is 23.8 Å². The van der Waals surface area contributed by atoms with Crippen molar-refractivity contribution in [3.63, 3.8) is 0 Å². The van der Waals surface area contributed by atoms with Crippen LogP contribution in [0.25, 0.3) is 0 Å². The molecule has 0 N–H and O–H groups in total. The molecule has 2 rings (SSSR count). The van der Waals surface area contributed by atoms with Crippen LogP contribution in [0.5, 0.6) is 5.75 Å². The van der Waals surface area contributed by atoms with E-state index in [0.717, 1.165) is 5.56 Å². The van der Waals surface area contributed by atoms with E-state index in [1.54, 1.807) is 25.3 Å². The molecule has 2 aromatic rings. The lowest BCUT2D eigenvalue weighted by atomic mass is 9.92. The van der Waals surface area contributed by atoms with Crippen molar-refractivity contribution in [1.29, 1.82) is 0 Å². The second kappa shape index (κ2) is 5.89. The Hall–Kier alpha value is -1.80. The van der Waals surface area contributed by atoms with E-state index in [1.807, 2.05) is 37.3 Å². The predicted molar refractivity (Wildman–Crippen MR) is 77.2 cm³/mol. The highest BCUT2D eigenvalue weighted by molar-refractivity contribution is 6.34. The molecular weight excluding hydrogens is 260 g/mol. The fraction of sp³-hybridized carbons (Fsp3) is 0.188. The van der Waals surface area contributed by atoms with Crippen molar-refractivity contribution in [2.45, 2.75) is 12.8 Å². The SMILES string of the molecule is COc1ccc(C(=O)C(C)c2ccccc2)c(Cl)c1. The quantitative estimate of drug-likeness (QED) is 0.776. The van der Waals surface area contributed by atoms with Crippen LogP contribution in [0.15, 0.2) is 48.5 Å². The summed E-state index contributed by atoms with van der Waals surface area (Å²) in [5, 5.41) is 0.423. The Kier molecular flexibility index (Phi) is 4.23. The van der Waals surface area contributed by atoms with Crippen molar-refractivity contribution in [2.24, 2.45) is 0 Å². The number of carbonyl (C=O) groups excluding carboxylic acids is 1. The number of ether oxygens (including phenoxy) is 1. The molecule has 0 amide bonds. The lowest BCUT2D eigenvalue weighted by molar-refractivity contribution is 0.0966. The Balaban J connectivity index is 2.29. The molecule has 1 unspecified atom stereocenters. The second-order valence-electron chi connectivity index (χ2n) is 4.34. The lowest BCUT2D eigenvalue weighted by Crippen LogP contribution is -2.10. The monoisotopic (exact) mass is 274 g/mol. The van der Waals surface area contributed by atoms with Crippen LogP contribution in [0.3, 0.4) is 0 Å². The molecule has 0 heterocycles. The van der Waals surface area contributed by atoms with E-state index in [9.17, 15) is 4.79 Å². The maximum atomic E-state index is 12.4. The molecule has 0 aliphatic carbocycles. The van der Waals surface area contributed by atoms with E-state index in [0.29, 0.717) is 16.3 Å². The van der Waals surface area contributed by atoms with E-state index >= 15 is 0 Å². The van der Waals surface area contributed by atoms with Gasteiger partial charge in [0.25, 0.3) is 0 Å². The minimum atomic E-state index is -0.216. The molecule has 0 bridgehead atoms. The van der Waals surface area contributed by atoms with Gasteiger partial charge in [-0.2, -0.15) is 0 Å². The highest BCUT2D eigenvalue weighted by Gasteiger charge is 2.19. The van der Waals surface area contributed by atoms with Gasteiger partial charge < -0.3 is 4.74 Å². The first-order valence-electron chi connectivity index (χ1n) is 6.06. The van der Waals surface area contributed by atoms with Crippen LogP contribution in [0.2, 0.25) is 5.02 Å². The van der Waals surface area contributed by atoms with Gasteiger partial charge in [-0.3, -0.25) is 4.79 Å². The summed E-state index contributed by atoms with van der Waals surface area (Å²) in [5.41, 5.74) is 1.51. The van der Waals surface area contributed by atoms with Gasteiger partial charge >= 0.3 is 0 Å². The Morgan fingerprint density at radius 3 is 2.42 bits per heavy atom. The Morgan fingerprint density at radius 2 is 1.84 bits per heavy atom. The Bertz CT molecular complexity index is 579. The molecule has 0 fully saturated rings. The van der Waals surface area contributed by atoms with Crippen molar-refractivity contribution in [3.8, 4) is 5.75 Å². The van der Waals surface area contributed by atoms with Gasteiger partial charge in [0.05, 0.1) is 12.1 Å². The summed E-state index contributed by atoms with van der Waals surface area (Å²) in [6, 6.07) is 14.8. The smallest absolute Gasteiger partial charge is 0.171 e. The number of benzene rings is 2. The molecular formula is C16H15ClO2. The van der Waals surface area contributed by atoms with Crippen LogP contribution < -0.4 is 4.74 Å². The van der Waals surface area contributed by atoms with Gasteiger partial charge in [-0.15, -0.1) is 0 Å². The van der Waals surface area contributed by atoms with Gasteiger partial charge in [0.15, 0.2) is 5.78 Å². The van der Waals surface area contributed by atoms with Crippen molar-refractivity contribution in [2.75, 3.05) is 7.11 Å². The number of ketones is 1. The van der Waals surface area contributed by atoms with E-state index in [-0.39, 0.29) is 11.7 Å². The fourth-order valence-electron chi connectivity index (χ4n) is 1.95. The number of hydrogen-bond donors (Lipinski definition) is 0. The van der Waals surface area contributed by atoms with Gasteiger partial charge in [-0.25, -0.2) is 0 Å². The van der Waals surface area contributed by atoms with Gasteiger partial charge in [-0.1, -0.05) is 48.9 Å². The summed E-state index contributed by atoms with van der Waals surface area (Å²) >= 11 is 6.13. The molecule has 2 nitrogen and oxygen atoms in total. The lowest BCUT2D eigenvalue weighted by Gasteiger charge is -2.12. The molecule has 0 spiro atoms. The van der Waals surface area contributed by atoms with Crippen LogP contribution in [0, 0.1) is 0 Å². The molecule has 0 radical (unpaired) electrons. The molecule has 0 aliphatic heterocycles. The zero-order valence-electron chi connectivity index (χ0n) is 10.9. The fourth-order valence-corrected chi connectivity index (χ4v) is 2.21. The molecule has 3 heteroatoms. The van der Waals surface area contributed by atoms with Crippen LogP contribution in [-0.2, 0) is 0 Å². The topological polar surface area (TPSA) is 26.3 Å². The van der Waals surface area contributed by atoms with E-state index in [1.165, 1.54) is 0 Å². The predicted octanol–water partition coefficient (Wildman–Crippen LogP) is 4.34. The van der Waals surface area contributed by atoms with Crippen LogP contribution >= 0.6 is 11.6 Å². The molecule has 0 aromatic heterocycles. The summed E-state index contributed by atoms with van der Waals surface area (Å²) in [4.78, 5) is 12.4. The van der Waals surface area contributed by atoms with Crippen molar-refractivity contribution < 1.29 is 9.53 Å². The van der Waals surface area contributed by atoms with Crippen LogP contribution in [-0.4, -0.2) is 12.9 Å². The van der Waals surface area contributed by atoms with Gasteiger partial charge in [0, 0.05) is 11.5 Å². The van der Waals surface area contributed by atoms with Crippen molar-refractivity contribution >= 4 is 17.4 Å². The van der Waals surface area contributed by atoms with Gasteiger partial charge in [0.2, 0.25) is 0 Å². The average molecular weight is 275 g/mol. The number of hydrogen-bond acceptors (Lipinski definition) is 2. The maximum absolute atomic E-state index is 12.4. The first-order chi connectivity index (χ1) is 9.13. The number of rotatable bonds is 4. The van der Waals surface area contributed by atoms with E-state index in [4.69, 9.17) is 16.3 Å². The summed E-state index contributed by atoms with van der Waals surface area (Å²) in [6.07, 6.45) is 0. The molecule has 98 valence electrons. The summed E-state index contributed by atoms with van der Waals surface area (Å²) in [6.45, 7) is 1.89. The number of halogens is 1. The zero-order chi connectivity index (χ0) is 13.8. The third-order valence-corrected chi connectivity index (χ3v) is 3.45. The Morgan fingerprint density at radius 1 is 1.16 bits per heavy atom. The third-order valence-electron chi connectivity index (χ3n) is 3.13. The Labute approximate surface area is 118 Å². The molecule has 19 heavy (non-hydrogen) atoms. The number of methoxy groups -OCH3 is 1. The summed E-state index contributed by atoms with van der Waals surface area (Å²) in [5.74, 6) is 0.444. The standard InChI is InChI=1S/C16H15ClO2/c1-11(12-6-4-3-5-7-12)16(18)14-9-8-13(19-2)10-15(14)17/h3-11H,1-2H3. The summed E-state index contributed by atoms with van der Waals surface area (Å²) < 4.78 is 5.08. The van der Waals surface area contributed by atoms with Crippen molar-refractivity contribution in [1.82, 2.24) is 0 Å². The largest absolute Gasteiger partial charge is 0.497 e. The second-order valence-corrected chi connectivity index (χ2v) is 4.75. The summed E-state index contributed by atoms with van der Waals surface area (Å²) in [7, 11) is 1.57. The molecule has 0 saturated heterocycles. The number of carbonyl (C=O) groups is 1. The minimum absolute atomic E-state index is 0.0128.